The SMILES string of the molecule is Cc1ccc(Cl)cc1N1CCN(C(=O)[C@@H](C)Sc2nc(-c3ccccc3)cc(C(F)(F)F)n2)CC1. The van der Waals surface area contributed by atoms with Crippen LogP contribution < -0.4 is 4.90 Å². The van der Waals surface area contributed by atoms with Gasteiger partial charge >= 0.3 is 6.18 Å². The summed E-state index contributed by atoms with van der Waals surface area (Å²) in [5.74, 6) is -0.153. The van der Waals surface area contributed by atoms with Gasteiger partial charge in [0.25, 0.3) is 0 Å². The Hall–Kier alpha value is -2.78. The van der Waals surface area contributed by atoms with E-state index in [0.29, 0.717) is 36.8 Å². The van der Waals surface area contributed by atoms with Crippen LogP contribution >= 0.6 is 23.4 Å². The van der Waals surface area contributed by atoms with Crippen molar-refractivity contribution in [2.24, 2.45) is 0 Å². The zero-order valence-electron chi connectivity index (χ0n) is 19.2. The zero-order valence-corrected chi connectivity index (χ0v) is 20.8. The van der Waals surface area contributed by atoms with Crippen molar-refractivity contribution in [3.63, 3.8) is 0 Å². The van der Waals surface area contributed by atoms with Crippen LogP contribution in [0.1, 0.15) is 18.2 Å². The van der Waals surface area contributed by atoms with Crippen molar-refractivity contribution in [3.8, 4) is 11.3 Å². The molecule has 1 atom stereocenters. The standard InChI is InChI=1S/C25H24ClF3N4OS/c1-16-8-9-19(26)14-21(16)32-10-12-33(13-11-32)23(34)17(2)35-24-30-20(18-6-4-3-5-7-18)15-22(31-24)25(27,28)29/h3-9,14-15,17H,10-13H2,1-2H3/t17-/m1/s1. The molecule has 0 N–H and O–H groups in total. The molecule has 1 aliphatic heterocycles. The van der Waals surface area contributed by atoms with Gasteiger partial charge in [0.15, 0.2) is 5.16 Å². The molecule has 5 nitrogen and oxygen atoms in total. The molecule has 1 amide bonds. The van der Waals surface area contributed by atoms with Gasteiger partial charge in [0.2, 0.25) is 5.91 Å². The zero-order chi connectivity index (χ0) is 25.2. The largest absolute Gasteiger partial charge is 0.433 e. The number of nitrogens with zero attached hydrogens (tertiary/aromatic N) is 4. The number of hydrogen-bond donors (Lipinski definition) is 0. The summed E-state index contributed by atoms with van der Waals surface area (Å²) in [6, 6.07) is 15.3. The third-order valence-electron chi connectivity index (χ3n) is 5.80. The second-order valence-electron chi connectivity index (χ2n) is 8.29. The number of carbonyl (C=O) groups is 1. The third kappa shape index (κ3) is 6.08. The van der Waals surface area contributed by atoms with Crippen molar-refractivity contribution >= 4 is 35.0 Å². The lowest BCUT2D eigenvalue weighted by atomic mass is 10.1. The van der Waals surface area contributed by atoms with Crippen molar-refractivity contribution < 1.29 is 18.0 Å². The van der Waals surface area contributed by atoms with Gasteiger partial charge in [-0.3, -0.25) is 4.79 Å². The van der Waals surface area contributed by atoms with Crippen molar-refractivity contribution in [2.75, 3.05) is 31.1 Å². The minimum absolute atomic E-state index is 0.0762. The summed E-state index contributed by atoms with van der Waals surface area (Å²) in [6.45, 7) is 5.99. The highest BCUT2D eigenvalue weighted by atomic mass is 35.5. The van der Waals surface area contributed by atoms with E-state index in [2.05, 4.69) is 14.9 Å². The first-order valence-electron chi connectivity index (χ1n) is 11.1. The predicted molar refractivity (Wildman–Crippen MR) is 133 cm³/mol. The highest BCUT2D eigenvalue weighted by molar-refractivity contribution is 8.00. The Balaban J connectivity index is 1.46. The van der Waals surface area contributed by atoms with Gasteiger partial charge < -0.3 is 9.80 Å². The highest BCUT2D eigenvalue weighted by Crippen LogP contribution is 2.33. The van der Waals surface area contributed by atoms with Crippen molar-refractivity contribution in [2.45, 2.75) is 30.4 Å². The number of halogens is 4. The van der Waals surface area contributed by atoms with Gasteiger partial charge in [0, 0.05) is 42.5 Å². The van der Waals surface area contributed by atoms with Gasteiger partial charge in [-0.15, -0.1) is 0 Å². The molecule has 0 spiro atoms. The molecule has 3 aromatic rings. The fraction of sp³-hybridized carbons (Fsp3) is 0.320. The van der Waals surface area contributed by atoms with Crippen LogP contribution in [0.4, 0.5) is 18.9 Å². The number of piperazine rings is 1. The molecule has 2 aromatic carbocycles. The summed E-state index contributed by atoms with van der Waals surface area (Å²) < 4.78 is 40.5. The Kier molecular flexibility index (Phi) is 7.56. The normalized spacial score (nSPS) is 15.3. The first-order chi connectivity index (χ1) is 16.6. The molecule has 0 saturated carbocycles. The van der Waals surface area contributed by atoms with E-state index in [1.165, 1.54) is 0 Å². The van der Waals surface area contributed by atoms with E-state index in [9.17, 15) is 18.0 Å². The molecule has 10 heteroatoms. The van der Waals surface area contributed by atoms with Gasteiger partial charge in [-0.25, -0.2) is 9.97 Å². The summed E-state index contributed by atoms with van der Waals surface area (Å²) in [4.78, 5) is 25.0. The Bertz CT molecular complexity index is 1200. The molecule has 1 fully saturated rings. The van der Waals surface area contributed by atoms with Crippen LogP contribution in [-0.2, 0) is 11.0 Å². The highest BCUT2D eigenvalue weighted by Gasteiger charge is 2.34. The molecule has 1 aromatic heterocycles. The molecule has 2 heterocycles. The monoisotopic (exact) mass is 520 g/mol. The fourth-order valence-electron chi connectivity index (χ4n) is 3.94. The fourth-order valence-corrected chi connectivity index (χ4v) is 4.97. The lowest BCUT2D eigenvalue weighted by Crippen LogP contribution is -2.50. The van der Waals surface area contributed by atoms with Crippen LogP contribution in [-0.4, -0.2) is 52.2 Å². The second kappa shape index (κ2) is 10.5. The molecular weight excluding hydrogens is 497 g/mol. The minimum atomic E-state index is -4.62. The number of rotatable bonds is 5. The Morgan fingerprint density at radius 1 is 1.03 bits per heavy atom. The molecule has 0 bridgehead atoms. The third-order valence-corrected chi connectivity index (χ3v) is 6.98. The van der Waals surface area contributed by atoms with E-state index in [0.717, 1.165) is 29.1 Å². The Morgan fingerprint density at radius 2 is 1.71 bits per heavy atom. The number of hydrogen-bond acceptors (Lipinski definition) is 5. The first-order valence-corrected chi connectivity index (χ1v) is 12.4. The van der Waals surface area contributed by atoms with Crippen LogP contribution in [0.5, 0.6) is 0 Å². The van der Waals surface area contributed by atoms with Gasteiger partial charge in [-0.1, -0.05) is 59.8 Å². The quantitative estimate of drug-likeness (QED) is 0.307. The Morgan fingerprint density at radius 3 is 2.37 bits per heavy atom. The summed E-state index contributed by atoms with van der Waals surface area (Å²) in [5.41, 5.74) is 1.83. The van der Waals surface area contributed by atoms with Gasteiger partial charge in [0.1, 0.15) is 5.69 Å². The number of benzene rings is 2. The van der Waals surface area contributed by atoms with Crippen molar-refractivity contribution in [3.05, 3.63) is 70.9 Å². The predicted octanol–water partition coefficient (Wildman–Crippen LogP) is 5.95. The summed E-state index contributed by atoms with van der Waals surface area (Å²) in [5, 5.41) is -0.0561. The van der Waals surface area contributed by atoms with Crippen molar-refractivity contribution in [1.82, 2.24) is 14.9 Å². The van der Waals surface area contributed by atoms with Gasteiger partial charge in [-0.2, -0.15) is 13.2 Å². The van der Waals surface area contributed by atoms with Gasteiger partial charge in [-0.05, 0) is 37.6 Å². The molecule has 0 aliphatic carbocycles. The molecule has 0 unspecified atom stereocenters. The maximum Gasteiger partial charge on any atom is 0.433 e. The number of aryl methyl sites for hydroxylation is 1. The van der Waals surface area contributed by atoms with Crippen molar-refractivity contribution in [1.29, 1.82) is 0 Å². The number of anilines is 1. The molecule has 0 radical (unpaired) electrons. The first kappa shape index (κ1) is 25.3. The summed E-state index contributed by atoms with van der Waals surface area (Å²) in [7, 11) is 0. The average molecular weight is 521 g/mol. The second-order valence-corrected chi connectivity index (χ2v) is 10.0. The summed E-state index contributed by atoms with van der Waals surface area (Å²) >= 11 is 7.09. The summed E-state index contributed by atoms with van der Waals surface area (Å²) in [6.07, 6.45) is -4.62. The Labute approximate surface area is 211 Å². The van der Waals surface area contributed by atoms with E-state index in [1.54, 1.807) is 42.2 Å². The van der Waals surface area contributed by atoms with Crippen LogP contribution in [0.25, 0.3) is 11.3 Å². The maximum atomic E-state index is 13.5. The topological polar surface area (TPSA) is 49.3 Å². The average Bonchev–Trinajstić information content (AvgIpc) is 2.85. The number of amides is 1. The van der Waals surface area contributed by atoms with Crippen LogP contribution in [0.15, 0.2) is 59.8 Å². The van der Waals surface area contributed by atoms with Crippen LogP contribution in [0, 0.1) is 6.92 Å². The minimum Gasteiger partial charge on any atom is -0.368 e. The van der Waals surface area contributed by atoms with E-state index in [1.807, 2.05) is 25.1 Å². The van der Waals surface area contributed by atoms with E-state index in [-0.39, 0.29) is 16.8 Å². The van der Waals surface area contributed by atoms with Crippen LogP contribution in [0.2, 0.25) is 5.02 Å². The maximum absolute atomic E-state index is 13.5. The lowest BCUT2D eigenvalue weighted by Gasteiger charge is -2.37. The number of alkyl halides is 3. The van der Waals surface area contributed by atoms with Gasteiger partial charge in [0.05, 0.1) is 10.9 Å². The van der Waals surface area contributed by atoms with E-state index >= 15 is 0 Å². The van der Waals surface area contributed by atoms with E-state index < -0.39 is 17.1 Å². The van der Waals surface area contributed by atoms with Crippen LogP contribution in [0.3, 0.4) is 0 Å². The molecular formula is C25H24ClF3N4OS. The smallest absolute Gasteiger partial charge is 0.368 e. The lowest BCUT2D eigenvalue weighted by molar-refractivity contribution is -0.141. The molecule has 1 aliphatic rings. The molecule has 35 heavy (non-hydrogen) atoms. The number of carbonyl (C=O) groups excluding carboxylic acids is 1. The molecule has 4 rings (SSSR count). The van der Waals surface area contributed by atoms with E-state index in [4.69, 9.17) is 11.6 Å². The number of aromatic nitrogens is 2. The molecule has 184 valence electrons. The molecule has 1 saturated heterocycles. The number of thioether (sulfide) groups is 1.